The summed E-state index contributed by atoms with van der Waals surface area (Å²) in [5.74, 6) is -1.23. The highest BCUT2D eigenvalue weighted by Gasteiger charge is 2.34. The van der Waals surface area contributed by atoms with Gasteiger partial charge in [-0.25, -0.2) is 9.59 Å². The Balaban J connectivity index is 2.64. The largest absolute Gasteiger partial charge is 0.463 e. The lowest BCUT2D eigenvalue weighted by Gasteiger charge is -2.26. The van der Waals surface area contributed by atoms with Gasteiger partial charge in [0.1, 0.15) is 23.9 Å². The van der Waals surface area contributed by atoms with Gasteiger partial charge < -0.3 is 19.5 Å². The monoisotopic (exact) mass is 505 g/mol. The van der Waals surface area contributed by atoms with Gasteiger partial charge >= 0.3 is 18.0 Å². The first-order chi connectivity index (χ1) is 13.2. The highest BCUT2D eigenvalue weighted by molar-refractivity contribution is 14.1. The third kappa shape index (κ3) is 8.04. The number of rotatable bonds is 10. The minimum absolute atomic E-state index is 0.101. The zero-order chi connectivity index (χ0) is 21.2. The molecule has 0 bridgehead atoms. The molecule has 28 heavy (non-hydrogen) atoms. The maximum Gasteiger partial charge on any atom is 0.408 e. The van der Waals surface area contributed by atoms with E-state index in [4.69, 9.17) is 14.2 Å². The van der Waals surface area contributed by atoms with Crippen LogP contribution in [-0.4, -0.2) is 35.3 Å². The fourth-order valence-corrected chi connectivity index (χ4v) is 2.49. The van der Waals surface area contributed by atoms with Crippen LogP contribution >= 0.6 is 22.6 Å². The minimum atomic E-state index is -0.978. The summed E-state index contributed by atoms with van der Waals surface area (Å²) in [5.41, 5.74) is -0.134. The van der Waals surface area contributed by atoms with Crippen LogP contribution in [-0.2, 0) is 30.4 Å². The van der Waals surface area contributed by atoms with Crippen molar-refractivity contribution in [3.63, 3.8) is 0 Å². The molecular weight excluding hydrogens is 477 g/mol. The third-order valence-corrected chi connectivity index (χ3v) is 4.58. The number of ether oxygens (including phenoxy) is 3. The molecule has 0 aliphatic rings. The number of alkyl halides is 1. The average Bonchev–Trinajstić information content (AvgIpc) is 2.69. The van der Waals surface area contributed by atoms with Crippen LogP contribution in [0.4, 0.5) is 4.79 Å². The second kappa shape index (κ2) is 11.9. The predicted molar refractivity (Wildman–Crippen MR) is 113 cm³/mol. The summed E-state index contributed by atoms with van der Waals surface area (Å²) < 4.78 is 15.7. The number of hydrogen-bond acceptors (Lipinski definition) is 6. The first kappa shape index (κ1) is 24.2. The Hall–Kier alpha value is -1.84. The quantitative estimate of drug-likeness (QED) is 0.225. The van der Waals surface area contributed by atoms with Crippen molar-refractivity contribution >= 4 is 40.6 Å². The zero-order valence-electron chi connectivity index (χ0n) is 16.7. The van der Waals surface area contributed by atoms with Gasteiger partial charge in [-0.2, -0.15) is 0 Å². The van der Waals surface area contributed by atoms with E-state index >= 15 is 0 Å². The van der Waals surface area contributed by atoms with Gasteiger partial charge in [0.05, 0.1) is 5.41 Å². The van der Waals surface area contributed by atoms with E-state index in [9.17, 15) is 14.4 Å². The molecule has 8 heteroatoms. The normalized spacial score (nSPS) is 13.2. The van der Waals surface area contributed by atoms with Gasteiger partial charge in [-0.3, -0.25) is 4.79 Å². The lowest BCUT2D eigenvalue weighted by atomic mass is 9.95. The van der Waals surface area contributed by atoms with Gasteiger partial charge in [-0.05, 0) is 47.9 Å². The standard InChI is InChI=1S/C20H28INO6/c1-5-14(2)16(17(23)27-12-20(3,4)18(24)28-13-21)22-19(25)26-11-15-9-7-6-8-10-15/h6-10,14,16H,5,11-13H2,1-4H3,(H,22,25)/t14-,16-/m0/s1. The maximum atomic E-state index is 12.5. The molecule has 1 N–H and O–H groups in total. The molecule has 0 heterocycles. The summed E-state index contributed by atoms with van der Waals surface area (Å²) in [6.07, 6.45) is -0.0476. The molecule has 0 aromatic heterocycles. The second-order valence-corrected chi connectivity index (χ2v) is 7.72. The highest BCUT2D eigenvalue weighted by Crippen LogP contribution is 2.20. The molecule has 0 radical (unpaired) electrons. The molecule has 0 saturated carbocycles. The Morgan fingerprint density at radius 2 is 1.75 bits per heavy atom. The second-order valence-electron chi connectivity index (χ2n) is 7.10. The maximum absolute atomic E-state index is 12.5. The molecule has 1 aromatic carbocycles. The van der Waals surface area contributed by atoms with Crippen LogP contribution in [0.25, 0.3) is 0 Å². The number of benzene rings is 1. The molecule has 1 aromatic rings. The number of nitrogens with one attached hydrogen (secondary N) is 1. The van der Waals surface area contributed by atoms with E-state index in [1.165, 1.54) is 0 Å². The number of amides is 1. The molecular formula is C20H28INO6. The number of esters is 2. The summed E-state index contributed by atoms with van der Waals surface area (Å²) in [4.78, 5) is 36.6. The van der Waals surface area contributed by atoms with Crippen molar-refractivity contribution in [2.45, 2.75) is 46.8 Å². The van der Waals surface area contributed by atoms with E-state index < -0.39 is 29.5 Å². The number of halogens is 1. The molecule has 0 aliphatic carbocycles. The average molecular weight is 505 g/mol. The molecule has 1 amide bonds. The number of carbonyl (C=O) groups excluding carboxylic acids is 3. The predicted octanol–water partition coefficient (Wildman–Crippen LogP) is 3.83. The van der Waals surface area contributed by atoms with Gasteiger partial charge in [0.15, 0.2) is 0 Å². The summed E-state index contributed by atoms with van der Waals surface area (Å²) in [7, 11) is 0. The Labute approximate surface area is 179 Å². The van der Waals surface area contributed by atoms with E-state index in [2.05, 4.69) is 5.32 Å². The van der Waals surface area contributed by atoms with Crippen LogP contribution in [0.2, 0.25) is 0 Å². The summed E-state index contributed by atoms with van der Waals surface area (Å²) in [6, 6.07) is 8.37. The fraction of sp³-hybridized carbons (Fsp3) is 0.550. The van der Waals surface area contributed by atoms with Crippen molar-refractivity contribution in [3.05, 3.63) is 35.9 Å². The molecule has 0 fully saturated rings. The van der Waals surface area contributed by atoms with Gasteiger partial charge in [-0.1, -0.05) is 50.6 Å². The van der Waals surface area contributed by atoms with Crippen molar-refractivity contribution in [1.29, 1.82) is 0 Å². The Morgan fingerprint density at radius 3 is 2.32 bits per heavy atom. The topological polar surface area (TPSA) is 90.9 Å². The van der Waals surface area contributed by atoms with Gasteiger partial charge in [0.25, 0.3) is 0 Å². The Bertz CT molecular complexity index is 649. The summed E-state index contributed by atoms with van der Waals surface area (Å²) in [6.45, 7) is 6.96. The Kier molecular flexibility index (Phi) is 10.3. The third-order valence-electron chi connectivity index (χ3n) is 4.27. The molecule has 0 saturated heterocycles. The molecule has 1 rings (SSSR count). The first-order valence-electron chi connectivity index (χ1n) is 9.08. The lowest BCUT2D eigenvalue weighted by molar-refractivity contribution is -0.161. The van der Waals surface area contributed by atoms with Crippen molar-refractivity contribution < 1.29 is 28.6 Å². The van der Waals surface area contributed by atoms with E-state index in [-0.39, 0.29) is 23.7 Å². The minimum Gasteiger partial charge on any atom is -0.463 e. The van der Waals surface area contributed by atoms with Gasteiger partial charge in [0, 0.05) is 0 Å². The fourth-order valence-electron chi connectivity index (χ4n) is 2.21. The summed E-state index contributed by atoms with van der Waals surface area (Å²) >= 11 is 1.92. The number of hydrogen-bond donors (Lipinski definition) is 1. The van der Waals surface area contributed by atoms with Crippen LogP contribution in [0.5, 0.6) is 0 Å². The van der Waals surface area contributed by atoms with Crippen molar-refractivity contribution in [2.24, 2.45) is 11.3 Å². The van der Waals surface area contributed by atoms with E-state index in [1.807, 2.05) is 66.8 Å². The van der Waals surface area contributed by atoms with Gasteiger partial charge in [0.2, 0.25) is 0 Å². The molecule has 0 spiro atoms. The molecule has 156 valence electrons. The molecule has 0 unspecified atom stereocenters. The molecule has 7 nitrogen and oxygen atoms in total. The highest BCUT2D eigenvalue weighted by atomic mass is 127. The summed E-state index contributed by atoms with van der Waals surface area (Å²) in [5, 5.41) is 2.58. The zero-order valence-corrected chi connectivity index (χ0v) is 18.9. The Morgan fingerprint density at radius 1 is 1.11 bits per heavy atom. The van der Waals surface area contributed by atoms with Crippen LogP contribution < -0.4 is 5.32 Å². The van der Waals surface area contributed by atoms with Crippen LogP contribution in [0.1, 0.15) is 39.7 Å². The number of alkyl carbamates (subject to hydrolysis) is 1. The molecule has 0 aliphatic heterocycles. The van der Waals surface area contributed by atoms with Gasteiger partial charge in [-0.15, -0.1) is 0 Å². The van der Waals surface area contributed by atoms with Crippen molar-refractivity contribution in [3.8, 4) is 0 Å². The van der Waals surface area contributed by atoms with Crippen molar-refractivity contribution in [1.82, 2.24) is 5.32 Å². The number of carbonyl (C=O) groups is 3. The first-order valence-corrected chi connectivity index (χ1v) is 10.6. The molecule has 2 atom stereocenters. The van der Waals surface area contributed by atoms with Crippen molar-refractivity contribution in [2.75, 3.05) is 11.2 Å². The van der Waals surface area contributed by atoms with E-state index in [1.54, 1.807) is 13.8 Å². The smallest absolute Gasteiger partial charge is 0.408 e. The van der Waals surface area contributed by atoms with E-state index in [0.29, 0.717) is 6.42 Å². The van der Waals surface area contributed by atoms with Crippen LogP contribution in [0.15, 0.2) is 30.3 Å². The lowest BCUT2D eigenvalue weighted by Crippen LogP contribution is -2.47. The van der Waals surface area contributed by atoms with E-state index in [0.717, 1.165) is 5.56 Å². The van der Waals surface area contributed by atoms with Crippen LogP contribution in [0, 0.1) is 11.3 Å². The van der Waals surface area contributed by atoms with Crippen LogP contribution in [0.3, 0.4) is 0 Å². The SMILES string of the molecule is CC[C@H](C)[C@H](NC(=O)OCc1ccccc1)C(=O)OCC(C)(C)C(=O)OCI.